The number of hydrogen-bond acceptors (Lipinski definition) is 1. The highest BCUT2D eigenvalue weighted by molar-refractivity contribution is 5.47. The van der Waals surface area contributed by atoms with Crippen molar-refractivity contribution in [1.82, 2.24) is 5.32 Å². The molecular weight excluding hydrogens is 206 g/mol. The van der Waals surface area contributed by atoms with Gasteiger partial charge in [0.15, 0.2) is 0 Å². The normalized spacial score (nSPS) is 11.9. The van der Waals surface area contributed by atoms with Gasteiger partial charge in [-0.3, -0.25) is 0 Å². The van der Waals surface area contributed by atoms with Gasteiger partial charge in [0.1, 0.15) is 0 Å². The lowest BCUT2D eigenvalue weighted by atomic mass is 9.75. The van der Waals surface area contributed by atoms with E-state index in [9.17, 15) is 0 Å². The van der Waals surface area contributed by atoms with Gasteiger partial charge >= 0.3 is 0 Å². The molecule has 1 N–H and O–H groups in total. The quantitative estimate of drug-likeness (QED) is 0.834. The lowest BCUT2D eigenvalue weighted by Crippen LogP contribution is -2.26. The third-order valence-electron chi connectivity index (χ3n) is 4.04. The third-order valence-corrected chi connectivity index (χ3v) is 4.04. The van der Waals surface area contributed by atoms with Crippen LogP contribution in [0.1, 0.15) is 48.1 Å². The Morgan fingerprint density at radius 3 is 1.88 bits per heavy atom. The zero-order valence-corrected chi connectivity index (χ0v) is 12.5. The van der Waals surface area contributed by atoms with Crippen molar-refractivity contribution in [2.75, 3.05) is 13.6 Å². The molecule has 0 unspecified atom stereocenters. The number of hydrogen-bond donors (Lipinski definition) is 1. The third kappa shape index (κ3) is 2.90. The first-order chi connectivity index (χ1) is 7.81. The Morgan fingerprint density at radius 2 is 1.47 bits per heavy atom. The molecule has 0 bridgehead atoms. The van der Waals surface area contributed by atoms with E-state index in [0.29, 0.717) is 0 Å². The van der Waals surface area contributed by atoms with Crippen LogP contribution in [0.2, 0.25) is 0 Å². The lowest BCUT2D eigenvalue weighted by molar-refractivity contribution is 0.463. The molecule has 1 rings (SSSR count). The highest BCUT2D eigenvalue weighted by Gasteiger charge is 2.25. The fraction of sp³-hybridized carbons (Fsp3) is 0.625. The van der Waals surface area contributed by atoms with Crippen LogP contribution in [0.3, 0.4) is 0 Å². The van der Waals surface area contributed by atoms with Crippen LogP contribution in [0.15, 0.2) is 6.07 Å². The average molecular weight is 233 g/mol. The van der Waals surface area contributed by atoms with Crippen molar-refractivity contribution in [3.05, 3.63) is 33.9 Å². The highest BCUT2D eigenvalue weighted by atomic mass is 14.8. The molecule has 0 saturated heterocycles. The lowest BCUT2D eigenvalue weighted by Gasteiger charge is -2.31. The molecule has 0 amide bonds. The van der Waals surface area contributed by atoms with E-state index in [0.717, 1.165) is 6.54 Å². The van der Waals surface area contributed by atoms with Crippen LogP contribution in [0.4, 0.5) is 0 Å². The van der Waals surface area contributed by atoms with Crippen molar-refractivity contribution < 1.29 is 0 Å². The predicted octanol–water partition coefficient (Wildman–Crippen LogP) is 3.81. The first kappa shape index (κ1) is 14.2. The molecule has 1 nitrogen and oxygen atoms in total. The van der Waals surface area contributed by atoms with Crippen LogP contribution >= 0.6 is 0 Å². The van der Waals surface area contributed by atoms with Gasteiger partial charge in [-0.1, -0.05) is 19.9 Å². The van der Waals surface area contributed by atoms with Gasteiger partial charge in [-0.05, 0) is 80.9 Å². The van der Waals surface area contributed by atoms with E-state index < -0.39 is 0 Å². The van der Waals surface area contributed by atoms with Crippen LogP contribution < -0.4 is 5.32 Å². The molecule has 0 aliphatic heterocycles. The van der Waals surface area contributed by atoms with Crippen molar-refractivity contribution >= 4 is 0 Å². The van der Waals surface area contributed by atoms with E-state index in [1.165, 1.54) is 28.7 Å². The maximum Gasteiger partial charge on any atom is -0.00436 e. The molecule has 0 aliphatic rings. The van der Waals surface area contributed by atoms with Gasteiger partial charge < -0.3 is 5.32 Å². The van der Waals surface area contributed by atoms with Gasteiger partial charge in [0.25, 0.3) is 0 Å². The van der Waals surface area contributed by atoms with E-state index in [4.69, 9.17) is 0 Å². The van der Waals surface area contributed by atoms with Crippen molar-refractivity contribution in [2.45, 2.75) is 53.4 Å². The molecule has 0 radical (unpaired) electrons. The van der Waals surface area contributed by atoms with Gasteiger partial charge in [-0.25, -0.2) is 0 Å². The number of rotatable bonds is 4. The minimum Gasteiger partial charge on any atom is -0.320 e. The molecular formula is C16H27N. The second-order valence-corrected chi connectivity index (χ2v) is 5.87. The fourth-order valence-electron chi connectivity index (χ4n) is 2.79. The molecule has 17 heavy (non-hydrogen) atoms. The van der Waals surface area contributed by atoms with E-state index in [-0.39, 0.29) is 5.41 Å². The minimum absolute atomic E-state index is 0.244. The Bertz CT molecular complexity index is 376. The molecule has 1 aromatic rings. The van der Waals surface area contributed by atoms with E-state index in [1.54, 1.807) is 5.56 Å². The fourth-order valence-corrected chi connectivity index (χ4v) is 2.79. The second-order valence-electron chi connectivity index (χ2n) is 5.87. The number of nitrogens with one attached hydrogen (secondary N) is 1. The topological polar surface area (TPSA) is 12.0 Å². The van der Waals surface area contributed by atoms with Gasteiger partial charge in [-0.2, -0.15) is 0 Å². The second kappa shape index (κ2) is 5.22. The monoisotopic (exact) mass is 233 g/mol. The van der Waals surface area contributed by atoms with E-state index >= 15 is 0 Å². The number of aryl methyl sites for hydroxylation is 2. The molecule has 0 heterocycles. The molecule has 96 valence electrons. The van der Waals surface area contributed by atoms with Crippen LogP contribution in [0, 0.1) is 27.7 Å². The van der Waals surface area contributed by atoms with Gasteiger partial charge in [0, 0.05) is 0 Å². The molecule has 0 aromatic heterocycles. The molecule has 1 heteroatoms. The van der Waals surface area contributed by atoms with Crippen LogP contribution in [0.25, 0.3) is 0 Å². The first-order valence-corrected chi connectivity index (χ1v) is 6.53. The molecule has 0 atom stereocenters. The predicted molar refractivity (Wildman–Crippen MR) is 77.0 cm³/mol. The van der Waals surface area contributed by atoms with E-state index in [2.05, 4.69) is 52.9 Å². The molecule has 1 aromatic carbocycles. The summed E-state index contributed by atoms with van der Waals surface area (Å²) in [5.74, 6) is 0. The molecule has 0 aliphatic carbocycles. The molecule has 0 saturated carbocycles. The molecule has 0 fully saturated rings. The summed E-state index contributed by atoms with van der Waals surface area (Å²) in [5.41, 5.74) is 7.56. The summed E-state index contributed by atoms with van der Waals surface area (Å²) in [6.45, 7) is 14.8. The smallest absolute Gasteiger partial charge is 0.00436 e. The largest absolute Gasteiger partial charge is 0.320 e. The highest BCUT2D eigenvalue weighted by Crippen LogP contribution is 2.34. The average Bonchev–Trinajstić information content (AvgIpc) is 2.24. The van der Waals surface area contributed by atoms with Crippen molar-refractivity contribution in [3.8, 4) is 0 Å². The Kier molecular flexibility index (Phi) is 4.37. The zero-order chi connectivity index (χ0) is 13.2. The SMILES string of the molecule is CNCCC(C)(C)c1c(C)c(C)cc(C)c1C. The summed E-state index contributed by atoms with van der Waals surface area (Å²) in [5, 5.41) is 3.26. The summed E-state index contributed by atoms with van der Waals surface area (Å²) < 4.78 is 0. The Hall–Kier alpha value is -0.820. The Morgan fingerprint density at radius 1 is 1.00 bits per heavy atom. The van der Waals surface area contributed by atoms with Gasteiger partial charge in [0.2, 0.25) is 0 Å². The maximum absolute atomic E-state index is 3.26. The summed E-state index contributed by atoms with van der Waals surface area (Å²) in [7, 11) is 2.03. The first-order valence-electron chi connectivity index (χ1n) is 6.53. The van der Waals surface area contributed by atoms with Crippen molar-refractivity contribution in [1.29, 1.82) is 0 Å². The summed E-state index contributed by atoms with van der Waals surface area (Å²) in [4.78, 5) is 0. The number of benzene rings is 1. The van der Waals surface area contributed by atoms with E-state index in [1.807, 2.05) is 7.05 Å². The minimum atomic E-state index is 0.244. The summed E-state index contributed by atoms with van der Waals surface area (Å²) >= 11 is 0. The Labute approximate surface area is 107 Å². The maximum atomic E-state index is 3.26. The van der Waals surface area contributed by atoms with Crippen LogP contribution in [0.5, 0.6) is 0 Å². The van der Waals surface area contributed by atoms with Crippen molar-refractivity contribution in [2.24, 2.45) is 0 Å². The van der Waals surface area contributed by atoms with Crippen molar-refractivity contribution in [3.63, 3.8) is 0 Å². The summed E-state index contributed by atoms with van der Waals surface area (Å²) in [6, 6.07) is 2.31. The summed E-state index contributed by atoms with van der Waals surface area (Å²) in [6.07, 6.45) is 1.17. The van der Waals surface area contributed by atoms with Gasteiger partial charge in [0.05, 0.1) is 0 Å². The standard InChI is InChI=1S/C16H27N/c1-11-10-12(2)14(4)15(13(11)3)16(5,6)8-9-17-7/h10,17H,8-9H2,1-7H3. The van der Waals surface area contributed by atoms with Crippen LogP contribution in [-0.2, 0) is 5.41 Å². The van der Waals surface area contributed by atoms with Crippen LogP contribution in [-0.4, -0.2) is 13.6 Å². The Balaban J connectivity index is 3.29. The molecule has 0 spiro atoms. The van der Waals surface area contributed by atoms with Gasteiger partial charge in [-0.15, -0.1) is 0 Å². The zero-order valence-electron chi connectivity index (χ0n) is 12.5.